The number of nitrogens with zero attached hydrogens (tertiary/aromatic N) is 1. The highest BCUT2D eigenvalue weighted by Gasteiger charge is 1.96. The summed E-state index contributed by atoms with van der Waals surface area (Å²) in [5.41, 5.74) is 1.34. The van der Waals surface area contributed by atoms with E-state index in [1.165, 1.54) is 9.13 Å². The van der Waals surface area contributed by atoms with Gasteiger partial charge in [-0.25, -0.2) is 4.57 Å². The third kappa shape index (κ3) is 1.64. The van der Waals surface area contributed by atoms with Crippen molar-refractivity contribution in [3.63, 3.8) is 0 Å². The molecule has 0 aliphatic heterocycles. The van der Waals surface area contributed by atoms with Gasteiger partial charge in [-0.05, 0) is 35.1 Å². The zero-order valence-corrected chi connectivity index (χ0v) is 7.71. The summed E-state index contributed by atoms with van der Waals surface area (Å²) in [7, 11) is 2.03. The molecule has 0 spiro atoms. The summed E-state index contributed by atoms with van der Waals surface area (Å²) in [6.07, 6.45) is 4.16. The molecule has 2 heteroatoms. The average molecular weight is 234 g/mol. The molecule has 48 valence electrons. The maximum absolute atomic E-state index is 2.33. The second kappa shape index (κ2) is 2.64. The maximum atomic E-state index is 2.33. The highest BCUT2D eigenvalue weighted by molar-refractivity contribution is 14.1. The third-order valence-electron chi connectivity index (χ3n) is 1.25. The molecule has 0 saturated carbocycles. The van der Waals surface area contributed by atoms with Crippen molar-refractivity contribution >= 4 is 22.6 Å². The van der Waals surface area contributed by atoms with Crippen LogP contribution in [-0.4, -0.2) is 0 Å². The van der Waals surface area contributed by atoms with Crippen molar-refractivity contribution < 1.29 is 4.57 Å². The van der Waals surface area contributed by atoms with Crippen LogP contribution in [0.15, 0.2) is 18.5 Å². The SMILES string of the molecule is Cc1cc[n+](C)cc1I. The second-order valence-electron chi connectivity index (χ2n) is 2.14. The van der Waals surface area contributed by atoms with Gasteiger partial charge in [-0.3, -0.25) is 0 Å². The Morgan fingerprint density at radius 3 is 2.67 bits per heavy atom. The smallest absolute Gasteiger partial charge is 0.182 e. The molecule has 0 radical (unpaired) electrons. The number of halogens is 1. The van der Waals surface area contributed by atoms with E-state index in [0.29, 0.717) is 0 Å². The fourth-order valence-corrected chi connectivity index (χ4v) is 1.25. The standard InChI is InChI=1S/C7H9IN/c1-6-3-4-9(2)5-7(6)8/h3-5H,1-2H3/q+1. The number of aromatic nitrogens is 1. The van der Waals surface area contributed by atoms with Crippen molar-refractivity contribution in [2.45, 2.75) is 6.92 Å². The maximum Gasteiger partial charge on any atom is 0.182 e. The minimum Gasteiger partial charge on any atom is -0.207 e. The highest BCUT2D eigenvalue weighted by atomic mass is 127. The molecule has 1 rings (SSSR count). The summed E-state index contributed by atoms with van der Waals surface area (Å²) in [6, 6.07) is 2.11. The summed E-state index contributed by atoms with van der Waals surface area (Å²) >= 11 is 2.33. The molecule has 0 amide bonds. The fourth-order valence-electron chi connectivity index (χ4n) is 0.633. The molecule has 0 bridgehead atoms. The van der Waals surface area contributed by atoms with E-state index in [0.717, 1.165) is 0 Å². The Balaban J connectivity index is 3.17. The monoisotopic (exact) mass is 234 g/mol. The molecule has 0 saturated heterocycles. The number of rotatable bonds is 0. The van der Waals surface area contributed by atoms with Crippen LogP contribution in [0, 0.1) is 10.5 Å². The Bertz CT molecular complexity index is 220. The summed E-state index contributed by atoms with van der Waals surface area (Å²) in [5.74, 6) is 0. The lowest BCUT2D eigenvalue weighted by Crippen LogP contribution is -2.26. The molecule has 0 N–H and O–H groups in total. The van der Waals surface area contributed by atoms with Crippen LogP contribution in [0.25, 0.3) is 0 Å². The lowest BCUT2D eigenvalue weighted by atomic mass is 10.3. The van der Waals surface area contributed by atoms with E-state index in [4.69, 9.17) is 0 Å². The van der Waals surface area contributed by atoms with E-state index in [2.05, 4.69) is 52.5 Å². The highest BCUT2D eigenvalue weighted by Crippen LogP contribution is 2.05. The van der Waals surface area contributed by atoms with Gasteiger partial charge in [-0.2, -0.15) is 0 Å². The fraction of sp³-hybridized carbons (Fsp3) is 0.286. The Kier molecular flexibility index (Phi) is 2.05. The van der Waals surface area contributed by atoms with Crippen molar-refractivity contribution in [3.05, 3.63) is 27.6 Å². The third-order valence-corrected chi connectivity index (χ3v) is 2.38. The van der Waals surface area contributed by atoms with Crippen LogP contribution in [0.3, 0.4) is 0 Å². The van der Waals surface area contributed by atoms with Gasteiger partial charge in [0, 0.05) is 6.07 Å². The van der Waals surface area contributed by atoms with E-state index in [-0.39, 0.29) is 0 Å². The van der Waals surface area contributed by atoms with E-state index in [9.17, 15) is 0 Å². The molecule has 1 aromatic rings. The molecule has 0 aliphatic carbocycles. The molecule has 1 nitrogen and oxygen atoms in total. The van der Waals surface area contributed by atoms with Crippen LogP contribution in [0.2, 0.25) is 0 Å². The van der Waals surface area contributed by atoms with Crippen LogP contribution in [0.1, 0.15) is 5.56 Å². The Morgan fingerprint density at radius 1 is 1.56 bits per heavy atom. The summed E-state index contributed by atoms with van der Waals surface area (Å²) in [4.78, 5) is 0. The number of hydrogen-bond donors (Lipinski definition) is 0. The molecule has 1 aromatic heterocycles. The first-order valence-electron chi connectivity index (χ1n) is 2.81. The van der Waals surface area contributed by atoms with Crippen molar-refractivity contribution in [1.82, 2.24) is 0 Å². The normalized spacial score (nSPS) is 9.67. The van der Waals surface area contributed by atoms with Crippen molar-refractivity contribution in [1.29, 1.82) is 0 Å². The lowest BCUT2D eigenvalue weighted by Gasteiger charge is -1.91. The van der Waals surface area contributed by atoms with Gasteiger partial charge in [0.2, 0.25) is 0 Å². The van der Waals surface area contributed by atoms with Crippen molar-refractivity contribution in [3.8, 4) is 0 Å². The van der Waals surface area contributed by atoms with E-state index in [1.54, 1.807) is 0 Å². The topological polar surface area (TPSA) is 3.88 Å². The number of aryl methyl sites for hydroxylation is 2. The molecular weight excluding hydrogens is 225 g/mol. The second-order valence-corrected chi connectivity index (χ2v) is 3.30. The summed E-state index contributed by atoms with van der Waals surface area (Å²) in [6.45, 7) is 2.11. The van der Waals surface area contributed by atoms with Crippen molar-refractivity contribution in [2.75, 3.05) is 0 Å². The Hall–Kier alpha value is -0.120. The minimum atomic E-state index is 1.32. The van der Waals surface area contributed by atoms with Crippen LogP contribution in [-0.2, 0) is 7.05 Å². The molecule has 9 heavy (non-hydrogen) atoms. The largest absolute Gasteiger partial charge is 0.207 e. The first kappa shape index (κ1) is 6.99. The number of pyridine rings is 1. The molecule has 0 unspecified atom stereocenters. The molecule has 0 aliphatic rings. The molecule has 1 heterocycles. The van der Waals surface area contributed by atoms with Crippen LogP contribution in [0.4, 0.5) is 0 Å². The Labute approximate surface area is 68.9 Å². The van der Waals surface area contributed by atoms with Crippen LogP contribution in [0.5, 0.6) is 0 Å². The first-order chi connectivity index (χ1) is 4.20. The molecule has 0 aromatic carbocycles. The van der Waals surface area contributed by atoms with Gasteiger partial charge in [0.05, 0.1) is 3.57 Å². The average Bonchev–Trinajstić information content (AvgIpc) is 1.80. The Morgan fingerprint density at radius 2 is 2.22 bits per heavy atom. The molecule has 0 atom stereocenters. The lowest BCUT2D eigenvalue weighted by molar-refractivity contribution is -0.672. The van der Waals surface area contributed by atoms with Gasteiger partial charge in [0.15, 0.2) is 12.4 Å². The molecular formula is C7H9IN+. The van der Waals surface area contributed by atoms with Crippen LogP contribution < -0.4 is 4.57 Å². The van der Waals surface area contributed by atoms with Gasteiger partial charge >= 0.3 is 0 Å². The summed E-state index contributed by atoms with van der Waals surface area (Å²) < 4.78 is 3.37. The predicted molar refractivity (Wildman–Crippen MR) is 45.1 cm³/mol. The van der Waals surface area contributed by atoms with E-state index >= 15 is 0 Å². The minimum absolute atomic E-state index is 1.32. The first-order valence-corrected chi connectivity index (χ1v) is 3.89. The summed E-state index contributed by atoms with van der Waals surface area (Å²) in [5, 5.41) is 0. The van der Waals surface area contributed by atoms with E-state index < -0.39 is 0 Å². The zero-order valence-electron chi connectivity index (χ0n) is 5.56. The van der Waals surface area contributed by atoms with Crippen LogP contribution >= 0.6 is 22.6 Å². The van der Waals surface area contributed by atoms with Gasteiger partial charge in [-0.15, -0.1) is 0 Å². The van der Waals surface area contributed by atoms with Gasteiger partial charge in [0.25, 0.3) is 0 Å². The quantitative estimate of drug-likeness (QED) is 0.472. The van der Waals surface area contributed by atoms with Gasteiger partial charge in [0.1, 0.15) is 7.05 Å². The van der Waals surface area contributed by atoms with Gasteiger partial charge < -0.3 is 0 Å². The van der Waals surface area contributed by atoms with Crippen molar-refractivity contribution in [2.24, 2.45) is 7.05 Å². The van der Waals surface area contributed by atoms with Gasteiger partial charge in [-0.1, -0.05) is 0 Å². The van der Waals surface area contributed by atoms with E-state index in [1.807, 2.05) is 7.05 Å². The zero-order chi connectivity index (χ0) is 6.85. The molecule has 0 fully saturated rings. The predicted octanol–water partition coefficient (Wildman–Crippen LogP) is 1.42. The number of hydrogen-bond acceptors (Lipinski definition) is 0.